The van der Waals surface area contributed by atoms with Crippen molar-refractivity contribution in [3.05, 3.63) is 29.3 Å². The number of benzene rings is 1. The highest BCUT2D eigenvalue weighted by atomic mass is 35.5. The first-order valence-electron chi connectivity index (χ1n) is 7.42. The predicted molar refractivity (Wildman–Crippen MR) is 90.1 cm³/mol. The zero-order chi connectivity index (χ0) is 15.3. The Hall–Kier alpha value is -1.99. The summed E-state index contributed by atoms with van der Waals surface area (Å²) < 4.78 is 15.7. The number of fused-ring (bicyclic) bond motifs is 3. The highest BCUT2D eigenvalue weighted by Gasteiger charge is 2.19. The minimum Gasteiger partial charge on any atom is -0.338 e. The van der Waals surface area contributed by atoms with E-state index in [0.29, 0.717) is 22.4 Å². The van der Waals surface area contributed by atoms with Crippen LogP contribution in [0, 0.1) is 19.7 Å². The maximum atomic E-state index is 13.9. The fraction of sp³-hybridized carbons (Fsp3) is 0.400. The minimum atomic E-state index is -0.244. The molecule has 0 spiro atoms. The standard InChI is InChI=1S/C15H17FN6.ClH/c1-9-7-13-11(8-12(9)16)14-18-10(2)20-22(14)15(19-13)21-5-3-17-4-6-21;/h7-8,17H,3-6H2,1-2H3;1H. The number of halogens is 2. The lowest BCUT2D eigenvalue weighted by Crippen LogP contribution is -2.44. The summed E-state index contributed by atoms with van der Waals surface area (Å²) in [5.74, 6) is 1.19. The van der Waals surface area contributed by atoms with Crippen molar-refractivity contribution in [1.82, 2.24) is 24.9 Å². The number of aromatic nitrogens is 4. The van der Waals surface area contributed by atoms with Gasteiger partial charge in [-0.15, -0.1) is 17.5 Å². The van der Waals surface area contributed by atoms with E-state index in [0.717, 1.165) is 37.6 Å². The monoisotopic (exact) mass is 336 g/mol. The van der Waals surface area contributed by atoms with Crippen LogP contribution in [0.2, 0.25) is 0 Å². The summed E-state index contributed by atoms with van der Waals surface area (Å²) in [7, 11) is 0. The van der Waals surface area contributed by atoms with E-state index in [1.54, 1.807) is 17.5 Å². The normalized spacial score (nSPS) is 15.2. The number of nitrogens with zero attached hydrogens (tertiary/aromatic N) is 5. The molecule has 0 aliphatic carbocycles. The van der Waals surface area contributed by atoms with Crippen LogP contribution in [0.1, 0.15) is 11.4 Å². The summed E-state index contributed by atoms with van der Waals surface area (Å²) in [5.41, 5.74) is 2.01. The molecule has 6 nitrogen and oxygen atoms in total. The first-order valence-corrected chi connectivity index (χ1v) is 7.42. The van der Waals surface area contributed by atoms with Gasteiger partial charge in [0.05, 0.1) is 5.52 Å². The Labute approximate surface area is 139 Å². The first kappa shape index (κ1) is 15.9. The van der Waals surface area contributed by atoms with E-state index in [1.807, 2.05) is 6.92 Å². The molecule has 2 aromatic heterocycles. The van der Waals surface area contributed by atoms with Crippen molar-refractivity contribution in [2.45, 2.75) is 13.8 Å². The molecule has 3 aromatic rings. The largest absolute Gasteiger partial charge is 0.338 e. The van der Waals surface area contributed by atoms with E-state index in [4.69, 9.17) is 4.98 Å². The summed E-state index contributed by atoms with van der Waals surface area (Å²) in [5, 5.41) is 8.47. The van der Waals surface area contributed by atoms with Crippen molar-refractivity contribution in [2.24, 2.45) is 0 Å². The van der Waals surface area contributed by atoms with E-state index in [2.05, 4.69) is 20.3 Å². The Morgan fingerprint density at radius 1 is 1.13 bits per heavy atom. The molecule has 1 aliphatic heterocycles. The minimum absolute atomic E-state index is 0. The van der Waals surface area contributed by atoms with Crippen molar-refractivity contribution in [1.29, 1.82) is 0 Å². The third-order valence-corrected chi connectivity index (χ3v) is 4.04. The number of rotatable bonds is 1. The average molecular weight is 337 g/mol. The lowest BCUT2D eigenvalue weighted by molar-refractivity contribution is 0.574. The van der Waals surface area contributed by atoms with Crippen molar-refractivity contribution in [2.75, 3.05) is 31.1 Å². The van der Waals surface area contributed by atoms with Gasteiger partial charge in [0.1, 0.15) is 11.6 Å². The molecule has 8 heteroatoms. The van der Waals surface area contributed by atoms with Gasteiger partial charge in [-0.3, -0.25) is 0 Å². The Morgan fingerprint density at radius 3 is 2.61 bits per heavy atom. The fourth-order valence-corrected chi connectivity index (χ4v) is 2.89. The molecule has 1 aliphatic rings. The molecule has 1 saturated heterocycles. The zero-order valence-electron chi connectivity index (χ0n) is 13.0. The van der Waals surface area contributed by atoms with E-state index in [1.165, 1.54) is 6.07 Å². The molecule has 1 fully saturated rings. The summed E-state index contributed by atoms with van der Waals surface area (Å²) >= 11 is 0. The number of hydrogen-bond acceptors (Lipinski definition) is 5. The molecular weight excluding hydrogens is 319 g/mol. The smallest absolute Gasteiger partial charge is 0.229 e. The van der Waals surface area contributed by atoms with E-state index in [9.17, 15) is 4.39 Å². The van der Waals surface area contributed by atoms with Gasteiger partial charge in [0.25, 0.3) is 0 Å². The molecule has 0 atom stereocenters. The van der Waals surface area contributed by atoms with Gasteiger partial charge in [-0.2, -0.15) is 4.52 Å². The number of aryl methyl sites for hydroxylation is 2. The van der Waals surface area contributed by atoms with E-state index < -0.39 is 0 Å². The Bertz CT molecular complexity index is 871. The zero-order valence-corrected chi connectivity index (χ0v) is 13.8. The summed E-state index contributed by atoms with van der Waals surface area (Å²) in [6.45, 7) is 7.15. The molecule has 23 heavy (non-hydrogen) atoms. The van der Waals surface area contributed by atoms with Gasteiger partial charge in [0, 0.05) is 31.6 Å². The Kier molecular flexibility index (Phi) is 4.08. The van der Waals surface area contributed by atoms with Crippen LogP contribution in [0.5, 0.6) is 0 Å². The van der Waals surface area contributed by atoms with Crippen molar-refractivity contribution >= 4 is 34.9 Å². The van der Waals surface area contributed by atoms with Gasteiger partial charge < -0.3 is 10.2 Å². The number of hydrogen-bond donors (Lipinski definition) is 1. The van der Waals surface area contributed by atoms with Gasteiger partial charge >= 0.3 is 0 Å². The maximum Gasteiger partial charge on any atom is 0.229 e. The van der Waals surface area contributed by atoms with E-state index >= 15 is 0 Å². The summed E-state index contributed by atoms with van der Waals surface area (Å²) in [6, 6.07) is 3.28. The third-order valence-electron chi connectivity index (χ3n) is 4.04. The second kappa shape index (κ2) is 5.90. The van der Waals surface area contributed by atoms with Crippen LogP contribution in [0.4, 0.5) is 10.3 Å². The SMILES string of the molecule is Cc1nc2c3cc(F)c(C)cc3nc(N3CCNCC3)n2n1.Cl. The van der Waals surface area contributed by atoms with Gasteiger partial charge in [0.2, 0.25) is 5.95 Å². The van der Waals surface area contributed by atoms with Crippen LogP contribution in [-0.2, 0) is 0 Å². The first-order chi connectivity index (χ1) is 10.6. The van der Waals surface area contributed by atoms with Crippen LogP contribution in [0.25, 0.3) is 16.6 Å². The van der Waals surface area contributed by atoms with Crippen LogP contribution >= 0.6 is 12.4 Å². The highest BCUT2D eigenvalue weighted by molar-refractivity contribution is 5.92. The summed E-state index contributed by atoms with van der Waals surface area (Å²) in [6.07, 6.45) is 0. The van der Waals surface area contributed by atoms with Crippen LogP contribution < -0.4 is 10.2 Å². The number of nitrogens with one attached hydrogen (secondary N) is 1. The van der Waals surface area contributed by atoms with Crippen LogP contribution in [-0.4, -0.2) is 45.8 Å². The van der Waals surface area contributed by atoms with Crippen LogP contribution in [0.3, 0.4) is 0 Å². The lowest BCUT2D eigenvalue weighted by Gasteiger charge is -2.28. The van der Waals surface area contributed by atoms with Crippen molar-refractivity contribution < 1.29 is 4.39 Å². The molecule has 1 N–H and O–H groups in total. The van der Waals surface area contributed by atoms with Crippen LogP contribution in [0.15, 0.2) is 12.1 Å². The molecule has 0 radical (unpaired) electrons. The van der Waals surface area contributed by atoms with E-state index in [-0.39, 0.29) is 18.2 Å². The molecule has 122 valence electrons. The molecule has 3 heterocycles. The molecule has 1 aromatic carbocycles. The number of anilines is 1. The molecule has 0 unspecified atom stereocenters. The van der Waals surface area contributed by atoms with Crippen molar-refractivity contribution in [3.8, 4) is 0 Å². The lowest BCUT2D eigenvalue weighted by atomic mass is 10.1. The molecular formula is C15H18ClFN6. The topological polar surface area (TPSA) is 58.4 Å². The molecule has 0 amide bonds. The average Bonchev–Trinajstić information content (AvgIpc) is 2.91. The van der Waals surface area contributed by atoms with Gasteiger partial charge in [-0.25, -0.2) is 14.4 Å². The number of piperazine rings is 1. The highest BCUT2D eigenvalue weighted by Crippen LogP contribution is 2.25. The fourth-order valence-electron chi connectivity index (χ4n) is 2.89. The van der Waals surface area contributed by atoms with Gasteiger partial charge in [-0.05, 0) is 31.5 Å². The summed E-state index contributed by atoms with van der Waals surface area (Å²) in [4.78, 5) is 11.4. The van der Waals surface area contributed by atoms with Crippen molar-refractivity contribution in [3.63, 3.8) is 0 Å². The van der Waals surface area contributed by atoms with Gasteiger partial charge in [0.15, 0.2) is 5.65 Å². The third kappa shape index (κ3) is 2.60. The maximum absolute atomic E-state index is 13.9. The predicted octanol–water partition coefficient (Wildman–Crippen LogP) is 1.86. The Balaban J connectivity index is 0.00000156. The molecule has 4 rings (SSSR count). The van der Waals surface area contributed by atoms with Gasteiger partial charge in [-0.1, -0.05) is 0 Å². The Morgan fingerprint density at radius 2 is 1.87 bits per heavy atom. The second-order valence-electron chi connectivity index (χ2n) is 5.66. The quantitative estimate of drug-likeness (QED) is 0.735. The molecule has 0 bridgehead atoms. The molecule has 0 saturated carbocycles. The second-order valence-corrected chi connectivity index (χ2v) is 5.66.